The fourth-order valence-corrected chi connectivity index (χ4v) is 11.9. The first-order valence-electron chi connectivity index (χ1n) is 25.2. The molecule has 394 valence electrons. The van der Waals surface area contributed by atoms with Gasteiger partial charge in [-0.3, -0.25) is 9.59 Å². The Balaban J connectivity index is 1.79. The molecule has 68 heavy (non-hydrogen) atoms. The first-order valence-corrected chi connectivity index (χ1v) is 31.0. The third-order valence-electron chi connectivity index (χ3n) is 15.6. The van der Waals surface area contributed by atoms with Crippen LogP contribution in [0.1, 0.15) is 122 Å². The molecule has 0 radical (unpaired) electrons. The summed E-state index contributed by atoms with van der Waals surface area (Å²) in [5.41, 5.74) is -0.905. The number of ether oxygens (including phenoxy) is 9. The molecule has 0 aliphatic carbocycles. The molecule has 0 aromatic rings. The summed E-state index contributed by atoms with van der Waals surface area (Å²) in [4.78, 5) is 28.2. The van der Waals surface area contributed by atoms with Crippen molar-refractivity contribution in [3.8, 4) is 0 Å². The van der Waals surface area contributed by atoms with E-state index in [-0.39, 0.29) is 59.4 Å². The zero-order valence-corrected chi connectivity index (χ0v) is 47.5. The van der Waals surface area contributed by atoms with E-state index in [2.05, 4.69) is 80.7 Å². The highest BCUT2D eigenvalue weighted by Gasteiger charge is 2.55. The van der Waals surface area contributed by atoms with Crippen molar-refractivity contribution in [2.45, 2.75) is 249 Å². The van der Waals surface area contributed by atoms with Crippen LogP contribution < -0.4 is 0 Å². The van der Waals surface area contributed by atoms with Crippen molar-refractivity contribution in [1.82, 2.24) is 4.90 Å². The summed E-state index contributed by atoms with van der Waals surface area (Å²) in [5, 5.41) is 12.4. The van der Waals surface area contributed by atoms with Gasteiger partial charge in [0.05, 0.1) is 43.0 Å². The standard InChI is InChI=1S/C51H93NO14Si2/c1-21-38(53)62-47-34(5)59-41(30-51(47,12)57-16)63-44-33(4)60-48(43(55)42(44)52(13)14)64-45-35-27-31(2)36(65-67(17,18)49(6,7)8)26-24-22-23-25-32(3)58-39(54)29-37(46(45)56-15)61-40(28-35)66-68(19,20)50(9,10)11/h22-24,26,31-37,40-48,55H,21,25,27-30H2,1-20H3/b23-22+,26-24+/t31-,32-,33-,34+,35-,36+,37-,40?,41+,42-,43-,44-,45+,46+,47+,48+,51-/m1/s1. The number of carbonyl (C=O) groups excluding carboxylic acids is 2. The molecule has 4 aliphatic rings. The predicted molar refractivity (Wildman–Crippen MR) is 267 cm³/mol. The summed E-state index contributed by atoms with van der Waals surface area (Å²) in [6, 6.07) is -0.625. The Hall–Kier alpha value is -1.59. The van der Waals surface area contributed by atoms with Crippen molar-refractivity contribution in [2.24, 2.45) is 11.8 Å². The first-order chi connectivity index (χ1) is 31.4. The van der Waals surface area contributed by atoms with Crippen molar-refractivity contribution >= 4 is 28.6 Å². The normalized spacial score (nSPS) is 39.5. The second-order valence-electron chi connectivity index (χ2n) is 23.4. The molecule has 3 saturated heterocycles. The van der Waals surface area contributed by atoms with Crippen LogP contribution in [0.3, 0.4) is 0 Å². The van der Waals surface area contributed by atoms with E-state index >= 15 is 0 Å². The Morgan fingerprint density at radius 1 is 0.853 bits per heavy atom. The largest absolute Gasteiger partial charge is 0.462 e. The van der Waals surface area contributed by atoms with Gasteiger partial charge in [-0.15, -0.1) is 0 Å². The summed E-state index contributed by atoms with van der Waals surface area (Å²) in [5.74, 6) is -1.07. The van der Waals surface area contributed by atoms with Gasteiger partial charge in [0.2, 0.25) is 0 Å². The number of carbonyl (C=O) groups is 2. The molecule has 2 bridgehead atoms. The number of rotatable bonds is 13. The van der Waals surface area contributed by atoms with Gasteiger partial charge in [-0.1, -0.05) is 79.7 Å². The monoisotopic (exact) mass is 1000 g/mol. The number of nitrogens with zero attached hydrogens (tertiary/aromatic N) is 1. The average Bonchev–Trinajstić information content (AvgIpc) is 3.33. The molecule has 4 rings (SSSR count). The van der Waals surface area contributed by atoms with Crippen LogP contribution in [0.5, 0.6) is 0 Å². The number of esters is 2. The van der Waals surface area contributed by atoms with Crippen molar-refractivity contribution in [1.29, 1.82) is 0 Å². The predicted octanol–water partition coefficient (Wildman–Crippen LogP) is 8.68. The molecule has 0 saturated carbocycles. The van der Waals surface area contributed by atoms with Crippen LogP contribution in [0, 0.1) is 11.8 Å². The Morgan fingerprint density at radius 3 is 2.06 bits per heavy atom. The smallest absolute Gasteiger partial charge is 0.308 e. The van der Waals surface area contributed by atoms with E-state index in [1.54, 1.807) is 21.1 Å². The van der Waals surface area contributed by atoms with E-state index in [1.807, 2.05) is 64.9 Å². The minimum atomic E-state index is -2.44. The number of likely N-dealkylation sites (N-methyl/N-ethyl adjacent to an activating group) is 1. The Bertz CT molecular complexity index is 1680. The number of allylic oxidation sites excluding steroid dienone is 2. The van der Waals surface area contributed by atoms with Crippen LogP contribution in [0.2, 0.25) is 36.3 Å². The lowest BCUT2D eigenvalue weighted by molar-refractivity contribution is -0.344. The number of cyclic esters (lactones) is 1. The second kappa shape index (κ2) is 24.0. The van der Waals surface area contributed by atoms with Gasteiger partial charge in [0.1, 0.15) is 36.3 Å². The second-order valence-corrected chi connectivity index (χ2v) is 32.9. The van der Waals surface area contributed by atoms with Gasteiger partial charge >= 0.3 is 11.9 Å². The van der Waals surface area contributed by atoms with Gasteiger partial charge in [-0.2, -0.15) is 0 Å². The highest BCUT2D eigenvalue weighted by Crippen LogP contribution is 2.45. The molecule has 0 aromatic heterocycles. The van der Waals surface area contributed by atoms with Gasteiger partial charge in [0.15, 0.2) is 35.3 Å². The molecular formula is C51H93NO14Si2. The minimum Gasteiger partial charge on any atom is -0.462 e. The number of hydrogen-bond acceptors (Lipinski definition) is 15. The van der Waals surface area contributed by atoms with Gasteiger partial charge < -0.3 is 61.5 Å². The summed E-state index contributed by atoms with van der Waals surface area (Å²) in [6.07, 6.45) is 0.805. The molecule has 0 aromatic carbocycles. The molecule has 0 spiro atoms. The molecule has 3 fully saturated rings. The van der Waals surface area contributed by atoms with Crippen LogP contribution in [0.4, 0.5) is 0 Å². The molecule has 4 aliphatic heterocycles. The summed E-state index contributed by atoms with van der Waals surface area (Å²) in [6.45, 7) is 33.7. The maximum absolute atomic E-state index is 13.9. The Labute approximate surface area is 412 Å². The lowest BCUT2D eigenvalue weighted by Gasteiger charge is -2.50. The lowest BCUT2D eigenvalue weighted by atomic mass is 9.83. The number of hydrogen-bond donors (Lipinski definition) is 1. The fourth-order valence-electron chi connectivity index (χ4n) is 9.38. The SMILES string of the molecule is CCC(=O)O[C@H]1[C@H](C)O[C@@H](O[C@H]2[C@H](N(C)C)[C@@H](O)[C@H](O[C@H]3[C@H]4CC(O[Si](C)(C)C(C)(C)C)O[C@H](CC(=O)O[C@H](C)C/C=C/C=C/[C@H](O[Si](C)(C)C(C)(C)C)[C@H](C)C4)[C@@H]3OC)O[C@@H]2C)C[C@@]1(C)OC. The zero-order chi connectivity index (χ0) is 51.3. The first kappa shape index (κ1) is 59.0. The van der Waals surface area contributed by atoms with Crippen LogP contribution in [-0.2, 0) is 61.1 Å². The van der Waals surface area contributed by atoms with E-state index in [9.17, 15) is 14.7 Å². The number of methoxy groups -OCH3 is 2. The van der Waals surface area contributed by atoms with Crippen molar-refractivity contribution in [3.63, 3.8) is 0 Å². The Kier molecular flexibility index (Phi) is 20.8. The minimum absolute atomic E-state index is 0.0200. The quantitative estimate of drug-likeness (QED) is 0.138. The molecule has 17 heteroatoms. The van der Waals surface area contributed by atoms with Gasteiger partial charge in [-0.25, -0.2) is 0 Å². The van der Waals surface area contributed by atoms with Crippen LogP contribution >= 0.6 is 0 Å². The van der Waals surface area contributed by atoms with Crippen molar-refractivity contribution < 1.29 is 66.2 Å². The van der Waals surface area contributed by atoms with Crippen LogP contribution in [0.15, 0.2) is 24.3 Å². The molecule has 4 heterocycles. The van der Waals surface area contributed by atoms with Crippen LogP contribution in [0.25, 0.3) is 0 Å². The van der Waals surface area contributed by atoms with E-state index in [0.717, 1.165) is 0 Å². The van der Waals surface area contributed by atoms with Crippen molar-refractivity contribution in [2.75, 3.05) is 28.3 Å². The fraction of sp³-hybridized carbons (Fsp3) is 0.882. The van der Waals surface area contributed by atoms with E-state index in [1.165, 1.54) is 0 Å². The highest BCUT2D eigenvalue weighted by molar-refractivity contribution is 6.74. The van der Waals surface area contributed by atoms with Crippen LogP contribution in [-0.4, -0.2) is 158 Å². The summed E-state index contributed by atoms with van der Waals surface area (Å²) < 4.78 is 72.5. The molecule has 0 amide bonds. The molecule has 1 unspecified atom stereocenters. The average molecular weight is 1000 g/mol. The number of fused-ring (bicyclic) bond motifs is 3. The Morgan fingerprint density at radius 2 is 1.49 bits per heavy atom. The lowest BCUT2D eigenvalue weighted by Crippen LogP contribution is -2.66. The summed E-state index contributed by atoms with van der Waals surface area (Å²) >= 11 is 0. The molecular weight excluding hydrogens is 907 g/mol. The number of aliphatic hydroxyl groups is 1. The van der Waals surface area contributed by atoms with Crippen molar-refractivity contribution in [3.05, 3.63) is 24.3 Å². The van der Waals surface area contributed by atoms with E-state index in [0.29, 0.717) is 19.3 Å². The third kappa shape index (κ3) is 14.8. The van der Waals surface area contributed by atoms with E-state index < -0.39 is 102 Å². The van der Waals surface area contributed by atoms with Gasteiger partial charge in [0.25, 0.3) is 0 Å². The maximum Gasteiger partial charge on any atom is 0.308 e. The van der Waals surface area contributed by atoms with Gasteiger partial charge in [-0.05, 0) is 96.3 Å². The highest BCUT2D eigenvalue weighted by atomic mass is 28.4. The maximum atomic E-state index is 13.9. The molecule has 15 nitrogen and oxygen atoms in total. The topological polar surface area (TPSA) is 159 Å². The summed E-state index contributed by atoms with van der Waals surface area (Å²) in [7, 11) is 2.25. The molecule has 17 atom stereocenters. The van der Waals surface area contributed by atoms with E-state index in [4.69, 9.17) is 51.5 Å². The number of aliphatic hydroxyl groups excluding tert-OH is 1. The zero-order valence-electron chi connectivity index (χ0n) is 45.5. The molecule has 1 N–H and O–H groups in total. The third-order valence-corrected chi connectivity index (χ3v) is 24.6. The van der Waals surface area contributed by atoms with Gasteiger partial charge in [0, 0.05) is 39.9 Å².